The predicted octanol–water partition coefficient (Wildman–Crippen LogP) is 2.45. The van der Waals surface area contributed by atoms with Gasteiger partial charge in [-0.3, -0.25) is 0 Å². The summed E-state index contributed by atoms with van der Waals surface area (Å²) in [5, 5.41) is 12.2. The molecule has 0 saturated carbocycles. The van der Waals surface area contributed by atoms with Gasteiger partial charge in [-0.05, 0) is 32.3 Å². The van der Waals surface area contributed by atoms with Gasteiger partial charge in [0, 0.05) is 19.2 Å². The van der Waals surface area contributed by atoms with Crippen molar-refractivity contribution < 1.29 is 19.0 Å². The monoisotopic (exact) mass is 310 g/mol. The molecule has 0 spiro atoms. The van der Waals surface area contributed by atoms with Gasteiger partial charge in [0.25, 0.3) is 0 Å². The quantitative estimate of drug-likeness (QED) is 0.898. The minimum Gasteiger partial charge on any atom is -0.490 e. The van der Waals surface area contributed by atoms with E-state index in [1.165, 1.54) is 11.0 Å². The lowest BCUT2D eigenvalue weighted by molar-refractivity contribution is 0.162. The van der Waals surface area contributed by atoms with Gasteiger partial charge in [-0.15, -0.1) is 0 Å². The van der Waals surface area contributed by atoms with E-state index in [1.54, 1.807) is 26.1 Å². The number of benzene rings is 1. The van der Waals surface area contributed by atoms with Gasteiger partial charge in [-0.2, -0.15) is 0 Å². The summed E-state index contributed by atoms with van der Waals surface area (Å²) in [7, 11) is 1.68. The minimum absolute atomic E-state index is 0.233. The number of aliphatic hydroxyl groups is 1. The molecule has 2 rings (SSSR count). The smallest absolute Gasteiger partial charge is 0.317 e. The molecule has 6 heteroatoms. The molecule has 2 amide bonds. The number of halogens is 1. The second-order valence-electron chi connectivity index (χ2n) is 5.71. The van der Waals surface area contributed by atoms with Crippen LogP contribution in [0.1, 0.15) is 37.8 Å². The summed E-state index contributed by atoms with van der Waals surface area (Å²) in [6.07, 6.45) is 1.52. The molecular weight excluding hydrogens is 287 g/mol. The normalized spacial score (nSPS) is 18.6. The first kappa shape index (κ1) is 16.5. The van der Waals surface area contributed by atoms with E-state index >= 15 is 0 Å². The van der Waals surface area contributed by atoms with Gasteiger partial charge in [0.2, 0.25) is 0 Å². The van der Waals surface area contributed by atoms with Crippen molar-refractivity contribution >= 4 is 6.03 Å². The Kier molecular flexibility index (Phi) is 5.60. The molecule has 2 atom stereocenters. The van der Waals surface area contributed by atoms with Gasteiger partial charge in [-0.1, -0.05) is 12.1 Å². The first-order valence-electron chi connectivity index (χ1n) is 7.60. The van der Waals surface area contributed by atoms with Crippen LogP contribution in [-0.4, -0.2) is 42.3 Å². The molecule has 0 fully saturated rings. The molecule has 2 unspecified atom stereocenters. The molecule has 0 saturated heterocycles. The zero-order chi connectivity index (χ0) is 16.1. The van der Waals surface area contributed by atoms with Gasteiger partial charge in [0.15, 0.2) is 11.6 Å². The van der Waals surface area contributed by atoms with Crippen molar-refractivity contribution in [3.8, 4) is 5.75 Å². The van der Waals surface area contributed by atoms with Gasteiger partial charge in [0.05, 0.1) is 18.8 Å². The van der Waals surface area contributed by atoms with Gasteiger partial charge >= 0.3 is 6.03 Å². The number of hydrogen-bond donors (Lipinski definition) is 2. The molecular formula is C16H23FN2O3. The van der Waals surface area contributed by atoms with E-state index < -0.39 is 11.9 Å². The minimum atomic E-state index is -0.448. The molecule has 0 radical (unpaired) electrons. The van der Waals surface area contributed by atoms with E-state index in [0.717, 1.165) is 6.42 Å². The number of ether oxygens (including phenoxy) is 1. The number of rotatable bonds is 4. The van der Waals surface area contributed by atoms with Crippen LogP contribution in [0.4, 0.5) is 9.18 Å². The Balaban J connectivity index is 2.06. The topological polar surface area (TPSA) is 61.8 Å². The Morgan fingerprint density at radius 2 is 2.36 bits per heavy atom. The Morgan fingerprint density at radius 3 is 3.09 bits per heavy atom. The molecule has 0 aromatic heterocycles. The van der Waals surface area contributed by atoms with Crippen molar-refractivity contribution in [1.29, 1.82) is 0 Å². The molecule has 22 heavy (non-hydrogen) atoms. The maximum absolute atomic E-state index is 13.9. The van der Waals surface area contributed by atoms with Crippen LogP contribution in [0, 0.1) is 5.82 Å². The number of nitrogens with zero attached hydrogens (tertiary/aromatic N) is 1. The first-order chi connectivity index (χ1) is 10.5. The first-order valence-corrected chi connectivity index (χ1v) is 7.60. The standard InChI is InChI=1S/C16H23FN2O3/c1-11(20)8-9-19(2)16(21)18-14-7-4-10-22-15-12(14)5-3-6-13(15)17/h3,5-6,11,14,20H,4,7-10H2,1-2H3,(H,18,21). The van der Waals surface area contributed by atoms with E-state index in [0.29, 0.717) is 31.6 Å². The number of fused-ring (bicyclic) bond motifs is 1. The lowest BCUT2D eigenvalue weighted by Crippen LogP contribution is -2.40. The fourth-order valence-electron chi connectivity index (χ4n) is 2.46. The summed E-state index contributed by atoms with van der Waals surface area (Å²) in [6.45, 7) is 2.59. The Morgan fingerprint density at radius 1 is 1.59 bits per heavy atom. The SMILES string of the molecule is CC(O)CCN(C)C(=O)NC1CCCOc2c(F)cccc21. The summed E-state index contributed by atoms with van der Waals surface area (Å²) < 4.78 is 19.3. The van der Waals surface area contributed by atoms with Gasteiger partial charge in [-0.25, -0.2) is 9.18 Å². The summed E-state index contributed by atoms with van der Waals surface area (Å²) in [6, 6.07) is 4.26. The summed E-state index contributed by atoms with van der Waals surface area (Å²) >= 11 is 0. The van der Waals surface area contributed by atoms with Crippen LogP contribution in [-0.2, 0) is 0 Å². The zero-order valence-corrected chi connectivity index (χ0v) is 13.0. The molecule has 2 N–H and O–H groups in total. The fourth-order valence-corrected chi connectivity index (χ4v) is 2.46. The van der Waals surface area contributed by atoms with Gasteiger partial charge in [0.1, 0.15) is 0 Å². The number of urea groups is 1. The average molecular weight is 310 g/mol. The third kappa shape index (κ3) is 4.10. The average Bonchev–Trinajstić information content (AvgIpc) is 2.68. The molecule has 1 aliphatic rings. The van der Waals surface area contributed by atoms with Gasteiger partial charge < -0.3 is 20.1 Å². The molecule has 0 aliphatic carbocycles. The van der Waals surface area contributed by atoms with E-state index in [1.807, 2.05) is 0 Å². The Labute approximate surface area is 130 Å². The van der Waals surface area contributed by atoms with Crippen molar-refractivity contribution in [3.63, 3.8) is 0 Å². The predicted molar refractivity (Wildman–Crippen MR) is 81.3 cm³/mol. The molecule has 0 bridgehead atoms. The highest BCUT2D eigenvalue weighted by Gasteiger charge is 2.24. The molecule has 5 nitrogen and oxygen atoms in total. The van der Waals surface area contributed by atoms with Crippen LogP contribution < -0.4 is 10.1 Å². The number of amides is 2. The van der Waals surface area contributed by atoms with Crippen molar-refractivity contribution in [2.24, 2.45) is 0 Å². The van der Waals surface area contributed by atoms with Crippen LogP contribution >= 0.6 is 0 Å². The van der Waals surface area contributed by atoms with Crippen LogP contribution in [0.2, 0.25) is 0 Å². The van der Waals surface area contributed by atoms with E-state index in [9.17, 15) is 14.3 Å². The fraction of sp³-hybridized carbons (Fsp3) is 0.562. The van der Waals surface area contributed by atoms with E-state index in [2.05, 4.69) is 5.32 Å². The Bertz CT molecular complexity index is 522. The van der Waals surface area contributed by atoms with Crippen molar-refractivity contribution in [2.45, 2.75) is 38.3 Å². The van der Waals surface area contributed by atoms with E-state index in [4.69, 9.17) is 4.74 Å². The van der Waals surface area contributed by atoms with Crippen molar-refractivity contribution in [2.75, 3.05) is 20.2 Å². The van der Waals surface area contributed by atoms with Crippen LogP contribution in [0.5, 0.6) is 5.75 Å². The number of carbonyl (C=O) groups is 1. The number of hydrogen-bond acceptors (Lipinski definition) is 3. The second kappa shape index (κ2) is 7.45. The number of para-hydroxylation sites is 1. The molecule has 1 aromatic carbocycles. The molecule has 1 aromatic rings. The van der Waals surface area contributed by atoms with Crippen molar-refractivity contribution in [1.82, 2.24) is 10.2 Å². The summed E-state index contributed by atoms with van der Waals surface area (Å²) in [5.74, 6) is -0.168. The highest BCUT2D eigenvalue weighted by molar-refractivity contribution is 5.74. The van der Waals surface area contributed by atoms with Crippen LogP contribution in [0.15, 0.2) is 18.2 Å². The van der Waals surface area contributed by atoms with E-state index in [-0.39, 0.29) is 17.8 Å². The number of carbonyl (C=O) groups excluding carboxylic acids is 1. The second-order valence-corrected chi connectivity index (χ2v) is 5.71. The lowest BCUT2D eigenvalue weighted by atomic mass is 10.0. The third-order valence-electron chi connectivity index (χ3n) is 3.78. The molecule has 1 aliphatic heterocycles. The summed E-state index contributed by atoms with van der Waals surface area (Å²) in [5.41, 5.74) is 0.676. The highest BCUT2D eigenvalue weighted by atomic mass is 19.1. The molecule has 122 valence electrons. The van der Waals surface area contributed by atoms with Crippen molar-refractivity contribution in [3.05, 3.63) is 29.6 Å². The number of aliphatic hydroxyl groups excluding tert-OH is 1. The zero-order valence-electron chi connectivity index (χ0n) is 13.0. The largest absolute Gasteiger partial charge is 0.490 e. The third-order valence-corrected chi connectivity index (χ3v) is 3.78. The summed E-state index contributed by atoms with van der Waals surface area (Å²) in [4.78, 5) is 13.8. The maximum atomic E-state index is 13.9. The lowest BCUT2D eigenvalue weighted by Gasteiger charge is -2.24. The number of nitrogens with one attached hydrogen (secondary N) is 1. The van der Waals surface area contributed by atoms with Crippen LogP contribution in [0.25, 0.3) is 0 Å². The highest BCUT2D eigenvalue weighted by Crippen LogP contribution is 2.33. The van der Waals surface area contributed by atoms with Crippen LogP contribution in [0.3, 0.4) is 0 Å². The Hall–Kier alpha value is -1.82. The molecule has 1 heterocycles. The maximum Gasteiger partial charge on any atom is 0.317 e.